The molecule has 5 nitrogen and oxygen atoms in total. The van der Waals surface area contributed by atoms with Crippen LogP contribution in [0.2, 0.25) is 0 Å². The third-order valence-electron chi connectivity index (χ3n) is 2.76. The Morgan fingerprint density at radius 1 is 1.33 bits per heavy atom. The molecule has 1 amide bonds. The summed E-state index contributed by atoms with van der Waals surface area (Å²) in [7, 11) is 3.51. The Bertz CT molecular complexity index is 586. The molecule has 2 rings (SSSR count). The maximum absolute atomic E-state index is 11.8. The van der Waals surface area contributed by atoms with Gasteiger partial charge in [0.25, 0.3) is 0 Å². The minimum Gasteiger partial charge on any atom is -0.356 e. The molecule has 21 heavy (non-hydrogen) atoms. The molecule has 1 aromatic carbocycles. The van der Waals surface area contributed by atoms with E-state index in [1.54, 1.807) is 19.0 Å². The highest BCUT2D eigenvalue weighted by Gasteiger charge is 2.18. The molecule has 1 unspecified atom stereocenters. The zero-order valence-corrected chi connectivity index (χ0v) is 13.9. The first-order chi connectivity index (χ1) is 10.1. The fourth-order valence-corrected chi connectivity index (χ4v) is 3.70. The number of rotatable bonds is 6. The number of benzene rings is 1. The van der Waals surface area contributed by atoms with E-state index < -0.39 is 0 Å². The number of thioether (sulfide) groups is 1. The summed E-state index contributed by atoms with van der Waals surface area (Å²) >= 11 is 2.90. The Morgan fingerprint density at radius 2 is 2.05 bits per heavy atom. The lowest BCUT2D eigenvalue weighted by molar-refractivity contribution is -0.127. The van der Waals surface area contributed by atoms with Crippen molar-refractivity contribution >= 4 is 34.1 Å². The van der Waals surface area contributed by atoms with Crippen LogP contribution in [0.25, 0.3) is 0 Å². The number of hydrogen-bond acceptors (Lipinski definition) is 6. The summed E-state index contributed by atoms with van der Waals surface area (Å²) in [4.78, 5) is 13.4. The van der Waals surface area contributed by atoms with Crippen molar-refractivity contribution < 1.29 is 4.79 Å². The SMILES string of the molecule is CC(Sc1nnc(NCc2ccccc2)s1)C(=O)N(C)C. The molecular formula is C14H18N4OS2. The number of carbonyl (C=O) groups excluding carboxylic acids is 1. The number of anilines is 1. The van der Waals surface area contributed by atoms with E-state index in [2.05, 4.69) is 27.6 Å². The Kier molecular flexibility index (Phi) is 5.58. The first-order valence-electron chi connectivity index (χ1n) is 6.55. The minimum absolute atomic E-state index is 0.0778. The Hall–Kier alpha value is -1.60. The lowest BCUT2D eigenvalue weighted by atomic mass is 10.2. The van der Waals surface area contributed by atoms with E-state index >= 15 is 0 Å². The van der Waals surface area contributed by atoms with Crippen LogP contribution in [0, 0.1) is 0 Å². The normalized spacial score (nSPS) is 12.0. The molecule has 0 aliphatic heterocycles. The highest BCUT2D eigenvalue weighted by atomic mass is 32.2. The number of amides is 1. The molecule has 1 aromatic heterocycles. The zero-order chi connectivity index (χ0) is 15.2. The Labute approximate surface area is 132 Å². The molecule has 0 spiro atoms. The van der Waals surface area contributed by atoms with Gasteiger partial charge in [-0.1, -0.05) is 53.4 Å². The van der Waals surface area contributed by atoms with Gasteiger partial charge in [0, 0.05) is 20.6 Å². The summed E-state index contributed by atoms with van der Waals surface area (Å²) in [5.41, 5.74) is 1.19. The molecule has 7 heteroatoms. The van der Waals surface area contributed by atoms with Gasteiger partial charge in [-0.3, -0.25) is 4.79 Å². The quantitative estimate of drug-likeness (QED) is 0.829. The van der Waals surface area contributed by atoms with Gasteiger partial charge in [-0.05, 0) is 12.5 Å². The van der Waals surface area contributed by atoms with Gasteiger partial charge >= 0.3 is 0 Å². The van der Waals surface area contributed by atoms with Crippen molar-refractivity contribution in [1.29, 1.82) is 0 Å². The molecule has 0 fully saturated rings. The van der Waals surface area contributed by atoms with Crippen molar-refractivity contribution in [2.24, 2.45) is 0 Å². The topological polar surface area (TPSA) is 58.1 Å². The minimum atomic E-state index is -0.157. The molecule has 0 aliphatic carbocycles. The van der Waals surface area contributed by atoms with E-state index in [0.717, 1.165) is 9.47 Å². The number of hydrogen-bond donors (Lipinski definition) is 1. The maximum atomic E-state index is 11.8. The highest BCUT2D eigenvalue weighted by Crippen LogP contribution is 2.29. The van der Waals surface area contributed by atoms with Crippen molar-refractivity contribution in [3.05, 3.63) is 35.9 Å². The van der Waals surface area contributed by atoms with Crippen LogP contribution in [-0.2, 0) is 11.3 Å². The second-order valence-corrected chi connectivity index (χ2v) is 7.27. The summed E-state index contributed by atoms with van der Waals surface area (Å²) in [6.45, 7) is 2.60. The fraction of sp³-hybridized carbons (Fsp3) is 0.357. The third-order valence-corrected chi connectivity index (χ3v) is 4.81. The van der Waals surface area contributed by atoms with Gasteiger partial charge in [0.2, 0.25) is 11.0 Å². The molecule has 1 N–H and O–H groups in total. The van der Waals surface area contributed by atoms with Crippen LogP contribution in [0.1, 0.15) is 12.5 Å². The maximum Gasteiger partial charge on any atom is 0.235 e. The van der Waals surface area contributed by atoms with Crippen molar-refractivity contribution in [1.82, 2.24) is 15.1 Å². The van der Waals surface area contributed by atoms with Crippen molar-refractivity contribution in [2.45, 2.75) is 23.1 Å². The predicted octanol–water partition coefficient (Wildman–Crippen LogP) is 2.72. The summed E-state index contributed by atoms with van der Waals surface area (Å²) < 4.78 is 0.799. The summed E-state index contributed by atoms with van der Waals surface area (Å²) in [6.07, 6.45) is 0. The Morgan fingerprint density at radius 3 is 2.71 bits per heavy atom. The zero-order valence-electron chi connectivity index (χ0n) is 12.2. The van der Waals surface area contributed by atoms with Gasteiger partial charge in [-0.15, -0.1) is 10.2 Å². The highest BCUT2D eigenvalue weighted by molar-refractivity contribution is 8.02. The number of carbonyl (C=O) groups is 1. The fourth-order valence-electron chi connectivity index (χ4n) is 1.67. The second-order valence-electron chi connectivity index (χ2n) is 4.71. The van der Waals surface area contributed by atoms with Gasteiger partial charge < -0.3 is 10.2 Å². The van der Waals surface area contributed by atoms with E-state index in [-0.39, 0.29) is 11.2 Å². The van der Waals surface area contributed by atoms with E-state index in [1.807, 2.05) is 25.1 Å². The molecular weight excluding hydrogens is 304 g/mol. The smallest absolute Gasteiger partial charge is 0.235 e. The lowest BCUT2D eigenvalue weighted by Crippen LogP contribution is -2.29. The van der Waals surface area contributed by atoms with Crippen molar-refractivity contribution in [3.8, 4) is 0 Å². The average Bonchev–Trinajstić information content (AvgIpc) is 2.92. The molecule has 112 valence electrons. The summed E-state index contributed by atoms with van der Waals surface area (Å²) in [5, 5.41) is 12.1. The van der Waals surface area contributed by atoms with Gasteiger partial charge in [0.1, 0.15) is 0 Å². The molecule has 1 heterocycles. The van der Waals surface area contributed by atoms with Crippen LogP contribution < -0.4 is 5.32 Å². The van der Waals surface area contributed by atoms with Crippen molar-refractivity contribution in [3.63, 3.8) is 0 Å². The molecule has 0 radical (unpaired) electrons. The monoisotopic (exact) mass is 322 g/mol. The molecule has 2 aromatic rings. The Balaban J connectivity index is 1.88. The summed E-state index contributed by atoms with van der Waals surface area (Å²) in [5.74, 6) is 0.0778. The van der Waals surface area contributed by atoms with Crippen LogP contribution in [0.5, 0.6) is 0 Å². The van der Waals surface area contributed by atoms with E-state index in [4.69, 9.17) is 0 Å². The number of aromatic nitrogens is 2. The van der Waals surface area contributed by atoms with Gasteiger partial charge in [0.05, 0.1) is 5.25 Å². The largest absolute Gasteiger partial charge is 0.356 e. The van der Waals surface area contributed by atoms with Crippen LogP contribution in [0.4, 0.5) is 5.13 Å². The van der Waals surface area contributed by atoms with Gasteiger partial charge in [0.15, 0.2) is 4.34 Å². The van der Waals surface area contributed by atoms with Crippen molar-refractivity contribution in [2.75, 3.05) is 19.4 Å². The van der Waals surface area contributed by atoms with E-state index in [1.165, 1.54) is 28.7 Å². The van der Waals surface area contributed by atoms with E-state index in [0.29, 0.717) is 6.54 Å². The second kappa shape index (κ2) is 7.42. The molecule has 0 saturated heterocycles. The van der Waals surface area contributed by atoms with Crippen LogP contribution in [-0.4, -0.2) is 40.3 Å². The number of nitrogens with one attached hydrogen (secondary N) is 1. The standard InChI is InChI=1S/C14H18N4OS2/c1-10(12(19)18(2)3)20-14-17-16-13(21-14)15-9-11-7-5-4-6-8-11/h4-8,10H,9H2,1-3H3,(H,15,16). The van der Waals surface area contributed by atoms with Gasteiger partial charge in [-0.25, -0.2) is 0 Å². The van der Waals surface area contributed by atoms with Crippen LogP contribution in [0.15, 0.2) is 34.7 Å². The van der Waals surface area contributed by atoms with E-state index in [9.17, 15) is 4.79 Å². The lowest BCUT2D eigenvalue weighted by Gasteiger charge is -2.14. The third kappa shape index (κ3) is 4.71. The molecule has 1 atom stereocenters. The predicted molar refractivity (Wildman–Crippen MR) is 87.7 cm³/mol. The first kappa shape index (κ1) is 15.8. The molecule has 0 bridgehead atoms. The summed E-state index contributed by atoms with van der Waals surface area (Å²) in [6, 6.07) is 10.1. The molecule has 0 saturated carbocycles. The van der Waals surface area contributed by atoms with Gasteiger partial charge in [-0.2, -0.15) is 0 Å². The van der Waals surface area contributed by atoms with Crippen LogP contribution >= 0.6 is 23.1 Å². The average molecular weight is 322 g/mol. The first-order valence-corrected chi connectivity index (χ1v) is 8.25. The van der Waals surface area contributed by atoms with Crippen LogP contribution in [0.3, 0.4) is 0 Å². The number of nitrogens with zero attached hydrogens (tertiary/aromatic N) is 3. The molecule has 0 aliphatic rings.